The van der Waals surface area contributed by atoms with Gasteiger partial charge in [-0.2, -0.15) is 0 Å². The van der Waals surface area contributed by atoms with E-state index in [-0.39, 0.29) is 0 Å². The number of benzene rings is 1. The molecule has 1 aliphatic rings. The molecule has 0 amide bonds. The third-order valence-corrected chi connectivity index (χ3v) is 4.68. The largest absolute Gasteiger partial charge is 0.497 e. The number of hydrogen-bond donors (Lipinski definition) is 1. The summed E-state index contributed by atoms with van der Waals surface area (Å²) in [6.45, 7) is 4.21. The van der Waals surface area contributed by atoms with Gasteiger partial charge in [-0.05, 0) is 38.4 Å². The maximum Gasteiger partial charge on any atom is 0.178 e. The van der Waals surface area contributed by atoms with Crippen molar-refractivity contribution in [3.05, 3.63) is 23.0 Å². The minimum atomic E-state index is 0.483. The highest BCUT2D eigenvalue weighted by Crippen LogP contribution is 2.21. The first-order chi connectivity index (χ1) is 10.1. The molecule has 0 aliphatic carbocycles. The Morgan fingerprint density at radius 2 is 2.14 bits per heavy atom. The molecular formula is C15H22N4OS. The van der Waals surface area contributed by atoms with E-state index in [4.69, 9.17) is 17.0 Å². The number of nitrogens with zero attached hydrogens (tertiary/aromatic N) is 3. The molecule has 1 aromatic carbocycles. The average Bonchev–Trinajstić information content (AvgIpc) is 2.78. The van der Waals surface area contributed by atoms with Gasteiger partial charge in [0.1, 0.15) is 5.75 Å². The second kappa shape index (κ2) is 5.79. The zero-order valence-electron chi connectivity index (χ0n) is 12.8. The van der Waals surface area contributed by atoms with Gasteiger partial charge in [-0.25, -0.2) is 0 Å². The molecule has 21 heavy (non-hydrogen) atoms. The molecule has 1 aliphatic heterocycles. The lowest BCUT2D eigenvalue weighted by molar-refractivity contribution is 0.103. The van der Waals surface area contributed by atoms with Crippen LogP contribution < -0.4 is 4.74 Å². The van der Waals surface area contributed by atoms with Crippen molar-refractivity contribution >= 4 is 23.3 Å². The van der Waals surface area contributed by atoms with Crippen molar-refractivity contribution in [1.29, 1.82) is 0 Å². The lowest BCUT2D eigenvalue weighted by atomic mass is 10.2. The molecule has 5 nitrogen and oxygen atoms in total. The van der Waals surface area contributed by atoms with Crippen molar-refractivity contribution in [2.75, 3.05) is 40.8 Å². The van der Waals surface area contributed by atoms with Crippen molar-refractivity contribution < 1.29 is 4.74 Å². The maximum atomic E-state index is 5.50. The first-order valence-corrected chi connectivity index (χ1v) is 7.64. The van der Waals surface area contributed by atoms with Gasteiger partial charge in [0.15, 0.2) is 4.77 Å². The molecule has 3 rings (SSSR count). The molecule has 1 fully saturated rings. The molecule has 6 heteroatoms. The summed E-state index contributed by atoms with van der Waals surface area (Å²) in [5.41, 5.74) is 2.17. The van der Waals surface area contributed by atoms with Crippen LogP contribution in [0.15, 0.2) is 18.2 Å². The summed E-state index contributed by atoms with van der Waals surface area (Å²) in [5.74, 6) is 0.848. The monoisotopic (exact) mass is 306 g/mol. The van der Waals surface area contributed by atoms with E-state index in [1.165, 1.54) is 0 Å². The number of ether oxygens (including phenoxy) is 1. The highest BCUT2D eigenvalue weighted by molar-refractivity contribution is 7.71. The second-order valence-electron chi connectivity index (χ2n) is 5.82. The minimum Gasteiger partial charge on any atom is -0.497 e. The summed E-state index contributed by atoms with van der Waals surface area (Å²) < 4.78 is 8.25. The standard InChI is InChI=1S/C15H22N4OS/c1-17-6-7-18(2)11(9-17)10-19-14-5-4-12(20-3)8-13(14)16-15(19)21/h4-5,8,11H,6-7,9-10H2,1-3H3,(H,16,21). The predicted molar refractivity (Wildman–Crippen MR) is 87.6 cm³/mol. The van der Waals surface area contributed by atoms with Crippen LogP contribution in [0.5, 0.6) is 5.75 Å². The number of rotatable bonds is 3. The highest BCUT2D eigenvalue weighted by Gasteiger charge is 2.23. The van der Waals surface area contributed by atoms with Crippen molar-refractivity contribution in [2.45, 2.75) is 12.6 Å². The fourth-order valence-electron chi connectivity index (χ4n) is 2.96. The molecule has 1 unspecified atom stereocenters. The van der Waals surface area contributed by atoms with E-state index < -0.39 is 0 Å². The van der Waals surface area contributed by atoms with E-state index in [2.05, 4.69) is 39.5 Å². The van der Waals surface area contributed by atoms with Crippen molar-refractivity contribution in [1.82, 2.24) is 19.4 Å². The number of aromatic amines is 1. The van der Waals surface area contributed by atoms with Crippen LogP contribution in [0, 0.1) is 4.77 Å². The molecule has 0 saturated carbocycles. The van der Waals surface area contributed by atoms with Crippen LogP contribution in [-0.4, -0.2) is 66.2 Å². The van der Waals surface area contributed by atoms with Crippen LogP contribution in [0.4, 0.5) is 0 Å². The van der Waals surface area contributed by atoms with Gasteiger partial charge in [-0.3, -0.25) is 4.90 Å². The fourth-order valence-corrected chi connectivity index (χ4v) is 3.24. The number of piperazine rings is 1. The van der Waals surface area contributed by atoms with Crippen molar-refractivity contribution in [2.24, 2.45) is 0 Å². The Bertz CT molecular complexity index is 693. The highest BCUT2D eigenvalue weighted by atomic mass is 32.1. The predicted octanol–water partition coefficient (Wildman–Crippen LogP) is 1.95. The lowest BCUT2D eigenvalue weighted by Gasteiger charge is -2.37. The number of methoxy groups -OCH3 is 1. The quantitative estimate of drug-likeness (QED) is 0.880. The Kier molecular flexibility index (Phi) is 4.01. The third kappa shape index (κ3) is 2.84. The van der Waals surface area contributed by atoms with Crippen LogP contribution >= 0.6 is 12.2 Å². The van der Waals surface area contributed by atoms with E-state index in [1.54, 1.807) is 7.11 Å². The molecule has 1 atom stereocenters. The fraction of sp³-hybridized carbons (Fsp3) is 0.533. The van der Waals surface area contributed by atoms with Crippen molar-refractivity contribution in [3.63, 3.8) is 0 Å². The average molecular weight is 306 g/mol. The van der Waals surface area contributed by atoms with Gasteiger partial charge in [-0.15, -0.1) is 0 Å². The van der Waals surface area contributed by atoms with Gasteiger partial charge in [0.25, 0.3) is 0 Å². The third-order valence-electron chi connectivity index (χ3n) is 4.35. The van der Waals surface area contributed by atoms with Crippen molar-refractivity contribution in [3.8, 4) is 5.75 Å². The summed E-state index contributed by atoms with van der Waals surface area (Å²) >= 11 is 5.50. The summed E-state index contributed by atoms with van der Waals surface area (Å²) in [7, 11) is 6.05. The van der Waals surface area contributed by atoms with Gasteiger partial charge in [-0.1, -0.05) is 0 Å². The minimum absolute atomic E-state index is 0.483. The Morgan fingerprint density at radius 3 is 2.90 bits per heavy atom. The Morgan fingerprint density at radius 1 is 1.33 bits per heavy atom. The molecule has 2 heterocycles. The summed E-state index contributed by atoms with van der Waals surface area (Å²) in [6.07, 6.45) is 0. The van der Waals surface area contributed by atoms with E-state index in [0.29, 0.717) is 6.04 Å². The normalized spacial score (nSPS) is 21.0. The Labute approximate surface area is 130 Å². The SMILES string of the molecule is COc1ccc2c(c1)[nH]c(=S)n2CC1CN(C)CCN1C. The number of nitrogens with one attached hydrogen (secondary N) is 1. The zero-order valence-corrected chi connectivity index (χ0v) is 13.6. The molecular weight excluding hydrogens is 284 g/mol. The lowest BCUT2D eigenvalue weighted by Crippen LogP contribution is -2.51. The number of fused-ring (bicyclic) bond motifs is 1. The summed E-state index contributed by atoms with van der Waals surface area (Å²) in [5, 5.41) is 0. The van der Waals surface area contributed by atoms with Gasteiger partial charge >= 0.3 is 0 Å². The van der Waals surface area contributed by atoms with Crippen LogP contribution in [0.25, 0.3) is 11.0 Å². The first-order valence-electron chi connectivity index (χ1n) is 7.24. The number of imidazole rings is 1. The molecule has 1 aromatic heterocycles. The molecule has 114 valence electrons. The van der Waals surface area contributed by atoms with Crippen LogP contribution in [0.1, 0.15) is 0 Å². The van der Waals surface area contributed by atoms with Gasteiger partial charge in [0.2, 0.25) is 0 Å². The zero-order chi connectivity index (χ0) is 15.0. The topological polar surface area (TPSA) is 36.4 Å². The van der Waals surface area contributed by atoms with Gasteiger partial charge in [0.05, 0.1) is 18.1 Å². The van der Waals surface area contributed by atoms with Crippen LogP contribution in [0.3, 0.4) is 0 Å². The van der Waals surface area contributed by atoms with E-state index >= 15 is 0 Å². The van der Waals surface area contributed by atoms with E-state index in [1.807, 2.05) is 12.1 Å². The smallest absolute Gasteiger partial charge is 0.178 e. The van der Waals surface area contributed by atoms with E-state index in [9.17, 15) is 0 Å². The molecule has 0 spiro atoms. The number of H-pyrrole nitrogens is 1. The summed E-state index contributed by atoms with van der Waals surface area (Å²) in [4.78, 5) is 8.08. The van der Waals surface area contributed by atoms with E-state index in [0.717, 1.165) is 47.7 Å². The van der Waals surface area contributed by atoms with Gasteiger partial charge in [0, 0.05) is 38.3 Å². The number of hydrogen-bond acceptors (Lipinski definition) is 4. The Hall–Kier alpha value is -1.37. The molecule has 0 bridgehead atoms. The molecule has 0 radical (unpaired) electrons. The first kappa shape index (κ1) is 14.6. The van der Waals surface area contributed by atoms with Crippen LogP contribution in [-0.2, 0) is 6.54 Å². The molecule has 2 aromatic rings. The Balaban J connectivity index is 1.93. The maximum absolute atomic E-state index is 5.50. The summed E-state index contributed by atoms with van der Waals surface area (Å²) in [6, 6.07) is 6.54. The second-order valence-corrected chi connectivity index (χ2v) is 6.21. The number of aromatic nitrogens is 2. The van der Waals surface area contributed by atoms with Gasteiger partial charge < -0.3 is 19.2 Å². The molecule has 1 saturated heterocycles. The molecule has 1 N–H and O–H groups in total. The van der Waals surface area contributed by atoms with Crippen LogP contribution in [0.2, 0.25) is 0 Å². The number of likely N-dealkylation sites (N-methyl/N-ethyl adjacent to an activating group) is 2.